The molecule has 1 unspecified atom stereocenters. The molecule has 206 valence electrons. The summed E-state index contributed by atoms with van der Waals surface area (Å²) in [6.07, 6.45) is 6.94. The lowest BCUT2D eigenvalue weighted by molar-refractivity contribution is -0.133. The van der Waals surface area contributed by atoms with E-state index in [0.29, 0.717) is 41.5 Å². The Morgan fingerprint density at radius 3 is 2.85 bits per heavy atom. The van der Waals surface area contributed by atoms with E-state index in [2.05, 4.69) is 30.5 Å². The van der Waals surface area contributed by atoms with Gasteiger partial charge in [-0.1, -0.05) is 11.6 Å². The first-order valence-electron chi connectivity index (χ1n) is 12.6. The molecular formula is C27H31ClFN7O3. The number of rotatable bonds is 10. The molecule has 3 heterocycles. The van der Waals surface area contributed by atoms with Gasteiger partial charge in [0, 0.05) is 44.6 Å². The molecule has 4 rings (SSSR count). The van der Waals surface area contributed by atoms with Crippen LogP contribution in [-0.4, -0.2) is 83.4 Å². The van der Waals surface area contributed by atoms with E-state index < -0.39 is 5.82 Å². The Hall–Kier alpha value is -3.83. The number of amides is 2. The van der Waals surface area contributed by atoms with Crippen LogP contribution in [0.15, 0.2) is 42.9 Å². The number of carbonyl (C=O) groups excluding carboxylic acids is 2. The van der Waals surface area contributed by atoms with Gasteiger partial charge in [-0.15, -0.1) is 0 Å². The first-order valence-corrected chi connectivity index (χ1v) is 13.0. The van der Waals surface area contributed by atoms with E-state index in [4.69, 9.17) is 16.3 Å². The Morgan fingerprint density at radius 1 is 1.26 bits per heavy atom. The van der Waals surface area contributed by atoms with Crippen molar-refractivity contribution in [3.8, 4) is 17.1 Å². The summed E-state index contributed by atoms with van der Waals surface area (Å²) in [7, 11) is 5.00. The monoisotopic (exact) mass is 555 g/mol. The van der Waals surface area contributed by atoms with Crippen molar-refractivity contribution in [2.24, 2.45) is 0 Å². The fourth-order valence-corrected chi connectivity index (χ4v) is 4.64. The second kappa shape index (κ2) is 12.8. The summed E-state index contributed by atoms with van der Waals surface area (Å²) in [4.78, 5) is 42.0. The summed E-state index contributed by atoms with van der Waals surface area (Å²) in [5.41, 5.74) is 0.872. The molecule has 1 aliphatic heterocycles. The van der Waals surface area contributed by atoms with Gasteiger partial charge < -0.3 is 20.3 Å². The van der Waals surface area contributed by atoms with Crippen LogP contribution in [0, 0.1) is 5.82 Å². The van der Waals surface area contributed by atoms with Gasteiger partial charge in [0.2, 0.25) is 5.91 Å². The molecule has 2 amide bonds. The molecule has 1 saturated heterocycles. The molecule has 12 heteroatoms. The smallest absolute Gasteiger partial charge is 0.254 e. The fraction of sp³-hybridized carbons (Fsp3) is 0.370. The molecule has 1 fully saturated rings. The summed E-state index contributed by atoms with van der Waals surface area (Å²) >= 11 is 6.04. The van der Waals surface area contributed by atoms with Crippen LogP contribution < -0.4 is 15.4 Å². The van der Waals surface area contributed by atoms with Gasteiger partial charge in [-0.3, -0.25) is 19.5 Å². The maximum atomic E-state index is 14.4. The second-order valence-corrected chi connectivity index (χ2v) is 9.75. The number of pyridine rings is 1. The quantitative estimate of drug-likeness (QED) is 0.364. The van der Waals surface area contributed by atoms with Gasteiger partial charge in [0.05, 0.1) is 36.2 Å². The standard InChI is InChI=1S/C27H31ClFN7O3/c1-35(2)27(38)22-6-4-12-36(22)13-5-10-31-26(37)19-15-30-11-9-21(19)33-25-23(39-3)16-32-24(34-25)18-14-17(28)7-8-20(18)29/h7-9,11,14-16,22H,4-6,10,12-13H2,1-3H3,(H,31,37)(H,30,32,33,34). The van der Waals surface area contributed by atoms with E-state index in [-0.39, 0.29) is 35.1 Å². The van der Waals surface area contributed by atoms with Gasteiger partial charge in [0.15, 0.2) is 17.4 Å². The average molecular weight is 556 g/mol. The van der Waals surface area contributed by atoms with E-state index in [1.165, 1.54) is 37.7 Å². The minimum atomic E-state index is -0.522. The number of methoxy groups -OCH3 is 1. The molecule has 39 heavy (non-hydrogen) atoms. The van der Waals surface area contributed by atoms with Gasteiger partial charge in [0.1, 0.15) is 5.82 Å². The Kier molecular flexibility index (Phi) is 9.26. The number of halogens is 2. The van der Waals surface area contributed by atoms with Crippen molar-refractivity contribution in [2.45, 2.75) is 25.3 Å². The summed E-state index contributed by atoms with van der Waals surface area (Å²) < 4.78 is 19.8. The molecule has 10 nitrogen and oxygen atoms in total. The van der Waals surface area contributed by atoms with Crippen LogP contribution in [0.3, 0.4) is 0 Å². The van der Waals surface area contributed by atoms with E-state index >= 15 is 0 Å². The van der Waals surface area contributed by atoms with E-state index in [1.807, 2.05) is 0 Å². The molecule has 2 N–H and O–H groups in total. The summed E-state index contributed by atoms with van der Waals surface area (Å²) in [5.74, 6) is -0.0761. The Bertz CT molecular complexity index is 1340. The molecule has 0 bridgehead atoms. The van der Waals surface area contributed by atoms with Crippen molar-refractivity contribution in [2.75, 3.05) is 46.2 Å². The zero-order chi connectivity index (χ0) is 27.9. The van der Waals surface area contributed by atoms with Gasteiger partial charge in [0.25, 0.3) is 5.91 Å². The van der Waals surface area contributed by atoms with Gasteiger partial charge >= 0.3 is 0 Å². The highest BCUT2D eigenvalue weighted by atomic mass is 35.5. The SMILES string of the molecule is COc1cnc(-c2cc(Cl)ccc2F)nc1Nc1ccncc1C(=O)NCCCN1CCCC1C(=O)N(C)C. The number of aromatic nitrogens is 3. The number of likely N-dealkylation sites (N-methyl/N-ethyl adjacent to an activating group) is 1. The minimum absolute atomic E-state index is 0.0991. The first kappa shape index (κ1) is 28.2. The van der Waals surface area contributed by atoms with Crippen LogP contribution in [0.5, 0.6) is 5.75 Å². The molecule has 0 aliphatic carbocycles. The van der Waals surface area contributed by atoms with Crippen molar-refractivity contribution in [1.29, 1.82) is 0 Å². The number of carbonyl (C=O) groups is 2. The third kappa shape index (κ3) is 6.79. The Morgan fingerprint density at radius 2 is 2.08 bits per heavy atom. The molecule has 0 saturated carbocycles. The minimum Gasteiger partial charge on any atom is -0.491 e. The zero-order valence-electron chi connectivity index (χ0n) is 22.1. The second-order valence-electron chi connectivity index (χ2n) is 9.32. The molecule has 1 aromatic carbocycles. The highest BCUT2D eigenvalue weighted by molar-refractivity contribution is 6.30. The predicted molar refractivity (Wildman–Crippen MR) is 147 cm³/mol. The molecule has 1 aliphatic rings. The van der Waals surface area contributed by atoms with Crippen LogP contribution >= 0.6 is 11.6 Å². The third-order valence-corrected chi connectivity index (χ3v) is 6.70. The van der Waals surface area contributed by atoms with Crippen molar-refractivity contribution < 1.29 is 18.7 Å². The lowest BCUT2D eigenvalue weighted by Gasteiger charge is -2.26. The largest absolute Gasteiger partial charge is 0.491 e. The summed E-state index contributed by atoms with van der Waals surface area (Å²) in [6.45, 7) is 2.02. The number of hydrogen-bond donors (Lipinski definition) is 2. The van der Waals surface area contributed by atoms with E-state index in [0.717, 1.165) is 19.4 Å². The third-order valence-electron chi connectivity index (χ3n) is 6.46. The lowest BCUT2D eigenvalue weighted by atomic mass is 10.2. The molecule has 3 aromatic rings. The zero-order valence-corrected chi connectivity index (χ0v) is 22.8. The lowest BCUT2D eigenvalue weighted by Crippen LogP contribution is -2.43. The maximum absolute atomic E-state index is 14.4. The Balaban J connectivity index is 1.44. The number of anilines is 2. The topological polar surface area (TPSA) is 113 Å². The van der Waals surface area contributed by atoms with Crippen LogP contribution in [-0.2, 0) is 4.79 Å². The van der Waals surface area contributed by atoms with Crippen molar-refractivity contribution in [1.82, 2.24) is 30.1 Å². The summed E-state index contributed by atoms with van der Waals surface area (Å²) in [5, 5.41) is 6.37. The predicted octanol–water partition coefficient (Wildman–Crippen LogP) is 3.76. The molecule has 2 aromatic heterocycles. The number of nitrogens with one attached hydrogen (secondary N) is 2. The summed E-state index contributed by atoms with van der Waals surface area (Å²) in [6, 6.07) is 5.66. The van der Waals surface area contributed by atoms with Crippen molar-refractivity contribution in [3.05, 3.63) is 59.3 Å². The van der Waals surface area contributed by atoms with Crippen LogP contribution in [0.25, 0.3) is 11.4 Å². The number of hydrogen-bond acceptors (Lipinski definition) is 8. The van der Waals surface area contributed by atoms with Gasteiger partial charge in [-0.25, -0.2) is 14.4 Å². The van der Waals surface area contributed by atoms with Crippen LogP contribution in [0.1, 0.15) is 29.6 Å². The number of ether oxygens (including phenoxy) is 1. The molecule has 0 spiro atoms. The highest BCUT2D eigenvalue weighted by Crippen LogP contribution is 2.30. The van der Waals surface area contributed by atoms with Crippen molar-refractivity contribution >= 4 is 34.9 Å². The fourth-order valence-electron chi connectivity index (χ4n) is 4.47. The normalized spacial score (nSPS) is 15.2. The van der Waals surface area contributed by atoms with E-state index in [9.17, 15) is 14.0 Å². The van der Waals surface area contributed by atoms with Gasteiger partial charge in [-0.2, -0.15) is 0 Å². The maximum Gasteiger partial charge on any atom is 0.254 e. The highest BCUT2D eigenvalue weighted by Gasteiger charge is 2.31. The van der Waals surface area contributed by atoms with Crippen LogP contribution in [0.4, 0.5) is 15.9 Å². The molecule has 0 radical (unpaired) electrons. The molecular weight excluding hydrogens is 525 g/mol. The number of benzene rings is 1. The van der Waals surface area contributed by atoms with Gasteiger partial charge in [-0.05, 0) is 50.1 Å². The first-order chi connectivity index (χ1) is 18.8. The van der Waals surface area contributed by atoms with E-state index in [1.54, 1.807) is 31.3 Å². The van der Waals surface area contributed by atoms with Crippen LogP contribution in [0.2, 0.25) is 5.02 Å². The molecule has 1 atom stereocenters. The average Bonchev–Trinajstić information content (AvgIpc) is 3.40. The van der Waals surface area contributed by atoms with Crippen molar-refractivity contribution in [3.63, 3.8) is 0 Å². The Labute approximate surface area is 231 Å². The number of likely N-dealkylation sites (tertiary alicyclic amines) is 1. The number of nitrogens with zero attached hydrogens (tertiary/aromatic N) is 5.